The molecule has 0 aromatic heterocycles. The number of rotatable bonds is 4. The van der Waals surface area contributed by atoms with Crippen LogP contribution in [0.1, 0.15) is 39.7 Å². The van der Waals surface area contributed by atoms with Crippen LogP contribution in [-0.4, -0.2) is 34.7 Å². The fourth-order valence-corrected chi connectivity index (χ4v) is 2.95. The van der Waals surface area contributed by atoms with E-state index in [2.05, 4.69) is 40.7 Å². The molecule has 0 bridgehead atoms. The number of carbonyl (C=O) groups excluding carboxylic acids is 1. The van der Waals surface area contributed by atoms with E-state index in [1.54, 1.807) is 11.8 Å². The molecule has 1 aromatic carbocycles. The van der Waals surface area contributed by atoms with Gasteiger partial charge in [-0.3, -0.25) is 9.69 Å². The summed E-state index contributed by atoms with van der Waals surface area (Å²) in [7, 11) is 0. The van der Waals surface area contributed by atoms with E-state index in [4.69, 9.17) is 0 Å². The zero-order valence-electron chi connectivity index (χ0n) is 13.7. The Morgan fingerprint density at radius 2 is 1.95 bits per heavy atom. The van der Waals surface area contributed by atoms with Crippen molar-refractivity contribution in [2.75, 3.05) is 12.8 Å². The highest BCUT2D eigenvalue weighted by atomic mass is 32.2. The van der Waals surface area contributed by atoms with E-state index in [9.17, 15) is 4.79 Å². The van der Waals surface area contributed by atoms with Crippen molar-refractivity contribution < 1.29 is 4.79 Å². The molecule has 1 N–H and O–H groups in total. The third-order valence-electron chi connectivity index (χ3n) is 4.08. The molecule has 3 nitrogen and oxygen atoms in total. The molecule has 4 heteroatoms. The topological polar surface area (TPSA) is 32.3 Å². The molecule has 0 saturated carbocycles. The SMILES string of the molecule is CSc1ccc(CN2CCC2(C)C(=O)NC(C)(C)C)cc1. The van der Waals surface area contributed by atoms with Crippen molar-refractivity contribution in [2.45, 2.75) is 56.6 Å². The van der Waals surface area contributed by atoms with Crippen LogP contribution in [-0.2, 0) is 11.3 Å². The predicted molar refractivity (Wildman–Crippen MR) is 89.6 cm³/mol. The first-order chi connectivity index (χ1) is 9.74. The molecule has 1 aliphatic rings. The van der Waals surface area contributed by atoms with E-state index >= 15 is 0 Å². The summed E-state index contributed by atoms with van der Waals surface area (Å²) >= 11 is 1.75. The minimum Gasteiger partial charge on any atom is -0.350 e. The Morgan fingerprint density at radius 1 is 1.33 bits per heavy atom. The monoisotopic (exact) mass is 306 g/mol. The van der Waals surface area contributed by atoms with Gasteiger partial charge in [-0.05, 0) is 58.1 Å². The lowest BCUT2D eigenvalue weighted by molar-refractivity contribution is -0.143. The zero-order chi connectivity index (χ0) is 15.7. The van der Waals surface area contributed by atoms with Gasteiger partial charge >= 0.3 is 0 Å². The van der Waals surface area contributed by atoms with Crippen molar-refractivity contribution in [1.29, 1.82) is 0 Å². The van der Waals surface area contributed by atoms with Crippen LogP contribution in [0.15, 0.2) is 29.2 Å². The zero-order valence-corrected chi connectivity index (χ0v) is 14.5. The third-order valence-corrected chi connectivity index (χ3v) is 4.82. The van der Waals surface area contributed by atoms with Crippen LogP contribution in [0.3, 0.4) is 0 Å². The van der Waals surface area contributed by atoms with Crippen molar-refractivity contribution in [3.8, 4) is 0 Å². The molecule has 1 amide bonds. The highest BCUT2D eigenvalue weighted by Crippen LogP contribution is 2.33. The molecular formula is C17H26N2OS. The summed E-state index contributed by atoms with van der Waals surface area (Å²) in [5, 5.41) is 3.11. The summed E-state index contributed by atoms with van der Waals surface area (Å²) in [5.74, 6) is 0.141. The average molecular weight is 306 g/mol. The second kappa shape index (κ2) is 6.01. The van der Waals surface area contributed by atoms with Gasteiger partial charge in [0, 0.05) is 23.5 Å². The Balaban J connectivity index is 2.02. The Labute approximate surface area is 132 Å². The van der Waals surface area contributed by atoms with Crippen LogP contribution in [0.5, 0.6) is 0 Å². The standard InChI is InChI=1S/C17H26N2OS/c1-16(2,3)18-15(20)17(4)10-11-19(17)12-13-6-8-14(21-5)9-7-13/h6-9H,10-12H2,1-5H3,(H,18,20). The second-order valence-electron chi connectivity index (χ2n) is 7.00. The maximum absolute atomic E-state index is 12.5. The fourth-order valence-electron chi connectivity index (χ4n) is 2.54. The van der Waals surface area contributed by atoms with E-state index in [0.29, 0.717) is 0 Å². The van der Waals surface area contributed by atoms with Gasteiger partial charge in [-0.25, -0.2) is 0 Å². The molecule has 1 atom stereocenters. The summed E-state index contributed by atoms with van der Waals surface area (Å²) in [5.41, 5.74) is 0.717. The van der Waals surface area contributed by atoms with Crippen molar-refractivity contribution in [3.63, 3.8) is 0 Å². The highest BCUT2D eigenvalue weighted by Gasteiger charge is 2.47. The predicted octanol–water partition coefficient (Wildman–Crippen LogP) is 3.29. The minimum absolute atomic E-state index is 0.141. The van der Waals surface area contributed by atoms with Crippen molar-refractivity contribution in [3.05, 3.63) is 29.8 Å². The van der Waals surface area contributed by atoms with E-state index < -0.39 is 0 Å². The Hall–Kier alpha value is -1.00. The first-order valence-electron chi connectivity index (χ1n) is 7.45. The van der Waals surface area contributed by atoms with Crippen LogP contribution in [0.25, 0.3) is 0 Å². The summed E-state index contributed by atoms with van der Waals surface area (Å²) in [4.78, 5) is 16.0. The minimum atomic E-state index is -0.370. The number of thioether (sulfide) groups is 1. The molecule has 2 rings (SSSR count). The number of benzene rings is 1. The van der Waals surface area contributed by atoms with E-state index in [-0.39, 0.29) is 17.0 Å². The maximum atomic E-state index is 12.5. The molecule has 1 fully saturated rings. The molecular weight excluding hydrogens is 280 g/mol. The number of hydrogen-bond donors (Lipinski definition) is 1. The second-order valence-corrected chi connectivity index (χ2v) is 7.88. The number of amides is 1. The van der Waals surface area contributed by atoms with Crippen LogP contribution in [0, 0.1) is 0 Å². The molecule has 116 valence electrons. The van der Waals surface area contributed by atoms with Gasteiger partial charge in [-0.2, -0.15) is 0 Å². The number of nitrogens with one attached hydrogen (secondary N) is 1. The molecule has 0 radical (unpaired) electrons. The number of likely N-dealkylation sites (tertiary alicyclic amines) is 1. The lowest BCUT2D eigenvalue weighted by Crippen LogP contribution is -2.67. The lowest BCUT2D eigenvalue weighted by Gasteiger charge is -2.50. The van der Waals surface area contributed by atoms with Gasteiger partial charge in [0.15, 0.2) is 0 Å². The summed E-state index contributed by atoms with van der Waals surface area (Å²) in [6.07, 6.45) is 3.01. The normalized spacial score (nSPS) is 22.7. The van der Waals surface area contributed by atoms with Crippen molar-refractivity contribution in [2.24, 2.45) is 0 Å². The summed E-state index contributed by atoms with van der Waals surface area (Å²) < 4.78 is 0. The average Bonchev–Trinajstić information content (AvgIpc) is 2.41. The molecule has 1 aromatic rings. The first-order valence-corrected chi connectivity index (χ1v) is 8.68. The fraction of sp³-hybridized carbons (Fsp3) is 0.588. The van der Waals surface area contributed by atoms with Gasteiger partial charge in [0.2, 0.25) is 5.91 Å². The Morgan fingerprint density at radius 3 is 2.38 bits per heavy atom. The lowest BCUT2D eigenvalue weighted by atomic mass is 9.84. The number of nitrogens with zero attached hydrogens (tertiary/aromatic N) is 1. The van der Waals surface area contributed by atoms with Crippen LogP contribution >= 0.6 is 11.8 Å². The van der Waals surface area contributed by atoms with Gasteiger partial charge in [-0.15, -0.1) is 11.8 Å². The Bertz CT molecular complexity index is 507. The van der Waals surface area contributed by atoms with Gasteiger partial charge < -0.3 is 5.32 Å². The van der Waals surface area contributed by atoms with E-state index in [1.807, 2.05) is 27.7 Å². The summed E-state index contributed by atoms with van der Waals surface area (Å²) in [6, 6.07) is 8.61. The largest absolute Gasteiger partial charge is 0.350 e. The maximum Gasteiger partial charge on any atom is 0.240 e. The highest BCUT2D eigenvalue weighted by molar-refractivity contribution is 7.98. The van der Waals surface area contributed by atoms with Gasteiger partial charge in [-0.1, -0.05) is 12.1 Å². The molecule has 1 aliphatic heterocycles. The molecule has 1 saturated heterocycles. The molecule has 1 heterocycles. The Kier molecular flexibility index (Phi) is 4.69. The van der Waals surface area contributed by atoms with E-state index in [0.717, 1.165) is 19.5 Å². The smallest absolute Gasteiger partial charge is 0.240 e. The van der Waals surface area contributed by atoms with Crippen LogP contribution in [0.4, 0.5) is 0 Å². The molecule has 1 unspecified atom stereocenters. The van der Waals surface area contributed by atoms with Crippen molar-refractivity contribution >= 4 is 17.7 Å². The molecule has 0 spiro atoms. The van der Waals surface area contributed by atoms with Crippen LogP contribution < -0.4 is 5.32 Å². The number of hydrogen-bond acceptors (Lipinski definition) is 3. The number of carbonyl (C=O) groups is 1. The molecule has 0 aliphatic carbocycles. The van der Waals surface area contributed by atoms with Gasteiger partial charge in [0.25, 0.3) is 0 Å². The van der Waals surface area contributed by atoms with Gasteiger partial charge in [0.05, 0.1) is 5.54 Å². The first kappa shape index (κ1) is 16.4. The van der Waals surface area contributed by atoms with Crippen LogP contribution in [0.2, 0.25) is 0 Å². The quantitative estimate of drug-likeness (QED) is 0.866. The van der Waals surface area contributed by atoms with E-state index in [1.165, 1.54) is 10.5 Å². The third kappa shape index (κ3) is 3.80. The molecule has 21 heavy (non-hydrogen) atoms. The summed E-state index contributed by atoms with van der Waals surface area (Å²) in [6.45, 7) is 9.95. The van der Waals surface area contributed by atoms with Gasteiger partial charge in [0.1, 0.15) is 0 Å². The van der Waals surface area contributed by atoms with Crippen molar-refractivity contribution in [1.82, 2.24) is 10.2 Å².